The number of aliphatic hydroxyl groups excluding tert-OH is 3. The molecule has 0 radical (unpaired) electrons. The van der Waals surface area contributed by atoms with E-state index in [4.69, 9.17) is 36.9 Å². The largest absolute Gasteiger partial charge is 1.00 e. The number of halogens is 2. The predicted molar refractivity (Wildman–Crippen MR) is 447 cm³/mol. The van der Waals surface area contributed by atoms with Crippen LogP contribution in [0, 0.1) is 0 Å². The number of nitrogens with two attached hydrogens (primary N) is 3. The topological polar surface area (TPSA) is 231 Å². The molecular formula is C86H114ClIN6O7S4. The molecule has 2 aliphatic heterocycles. The minimum Gasteiger partial charge on any atom is -1.00 e. The summed E-state index contributed by atoms with van der Waals surface area (Å²) in [6.07, 6.45) is 16.0. The number of nitrogens with one attached hydrogen (secondary N) is 3. The summed E-state index contributed by atoms with van der Waals surface area (Å²) >= 11 is 5.17. The van der Waals surface area contributed by atoms with E-state index in [1.54, 1.807) is 23.5 Å². The van der Waals surface area contributed by atoms with Crippen LogP contribution in [0.3, 0.4) is 0 Å². The molecule has 13 N–H and O–H groups in total. The molecule has 0 aliphatic carbocycles. The summed E-state index contributed by atoms with van der Waals surface area (Å²) in [6, 6.07) is 95.4. The molecule has 0 amide bonds. The second-order valence-electron chi connectivity index (χ2n) is 25.6. The zero-order valence-electron chi connectivity index (χ0n) is 61.6. The Bertz CT molecular complexity index is 3310. The Morgan fingerprint density at radius 3 is 0.971 bits per heavy atom. The highest BCUT2D eigenvalue weighted by Crippen LogP contribution is 2.41. The number of aliphatic hydroxyl groups is 3. The second kappa shape index (κ2) is 52.5. The maximum absolute atomic E-state index is 10.2. The first-order valence-electron chi connectivity index (χ1n) is 35.6. The number of carboxylic acids is 1. The van der Waals surface area contributed by atoms with Gasteiger partial charge < -0.3 is 71.1 Å². The molecule has 568 valence electrons. The van der Waals surface area contributed by atoms with Crippen molar-refractivity contribution >= 4 is 64.6 Å². The van der Waals surface area contributed by atoms with Gasteiger partial charge in [-0.15, -0.1) is 12.4 Å². The quantitative estimate of drug-likeness (QED) is 0.0111. The normalized spacial score (nSPS) is 15.0. The van der Waals surface area contributed by atoms with Crippen molar-refractivity contribution in [3.05, 3.63) is 323 Å². The van der Waals surface area contributed by atoms with Crippen LogP contribution in [0.4, 0.5) is 0 Å². The van der Waals surface area contributed by atoms with Crippen molar-refractivity contribution in [1.82, 2.24) is 16.0 Å². The van der Waals surface area contributed by atoms with Crippen molar-refractivity contribution in [2.24, 2.45) is 17.2 Å². The summed E-state index contributed by atoms with van der Waals surface area (Å²) in [5.74, 6) is 3.05. The van der Waals surface area contributed by atoms with E-state index in [-0.39, 0.29) is 79.9 Å². The van der Waals surface area contributed by atoms with Crippen LogP contribution in [0.2, 0.25) is 0 Å². The fraction of sp³-hybridized carbons (Fsp3) is 0.360. The molecule has 9 aromatic carbocycles. The highest BCUT2D eigenvalue weighted by atomic mass is 127. The van der Waals surface area contributed by atoms with Crippen LogP contribution in [-0.2, 0) is 41.8 Å². The van der Waals surface area contributed by atoms with Gasteiger partial charge >= 0.3 is 5.97 Å². The molecule has 2 heterocycles. The molecule has 9 aromatic rings. The molecule has 2 fully saturated rings. The fourth-order valence-electron chi connectivity index (χ4n) is 12.3. The van der Waals surface area contributed by atoms with E-state index in [0.29, 0.717) is 29.4 Å². The number of ether oxygens (including phenoxy) is 2. The maximum atomic E-state index is 10.2. The molecule has 0 saturated carbocycles. The molecule has 2 saturated heterocycles. The van der Waals surface area contributed by atoms with Gasteiger partial charge in [-0.3, -0.25) is 20.7 Å². The molecule has 0 aromatic heterocycles. The first kappa shape index (κ1) is 91.8. The summed E-state index contributed by atoms with van der Waals surface area (Å²) in [6.45, 7) is 3.54. The Morgan fingerprint density at radius 2 is 0.733 bits per heavy atom. The van der Waals surface area contributed by atoms with E-state index in [1.807, 2.05) is 60.7 Å². The lowest BCUT2D eigenvalue weighted by Crippen LogP contribution is -3.00. The van der Waals surface area contributed by atoms with E-state index in [1.165, 1.54) is 50.1 Å². The van der Waals surface area contributed by atoms with Crippen molar-refractivity contribution in [2.75, 3.05) is 101 Å². The van der Waals surface area contributed by atoms with E-state index < -0.39 is 23.1 Å². The molecule has 0 unspecified atom stereocenters. The van der Waals surface area contributed by atoms with Gasteiger partial charge in [0.15, 0.2) is 0 Å². The maximum Gasteiger partial charge on any atom is 0.320 e. The predicted octanol–water partition coefficient (Wildman–Crippen LogP) is 10.6. The van der Waals surface area contributed by atoms with E-state index >= 15 is 0 Å². The van der Waals surface area contributed by atoms with Gasteiger partial charge in [0.1, 0.15) is 11.8 Å². The molecule has 11 rings (SSSR count). The molecular weight excluding hydrogens is 1520 g/mol. The first-order chi connectivity index (χ1) is 50.2. The SMILES string of the molecule is CSCC[C@@H](CO)NC(c1ccccc1)(c1ccccc1)c1ccccc1.CSCC[C@H](N)C(=O)O.CSCC[C@H](N)CO.C[S+](C)CC[C@@H](CO)NC(c1ccccc1)(c1ccccc1)c1ccccc1.Cl.N[C@H]1CCOC1.[I-].c1ccc(C(N[C@H]2CCOC2)(c2ccccc2)c2ccccc2)cc1. The monoisotopic (exact) mass is 1630 g/mol. The van der Waals surface area contributed by atoms with Crippen molar-refractivity contribution in [1.29, 1.82) is 0 Å². The highest BCUT2D eigenvalue weighted by molar-refractivity contribution is 7.99. The number of aliphatic carboxylic acids is 1. The van der Waals surface area contributed by atoms with Crippen molar-refractivity contribution in [3.63, 3.8) is 0 Å². The molecule has 13 nitrogen and oxygen atoms in total. The van der Waals surface area contributed by atoms with Crippen LogP contribution < -0.4 is 57.1 Å². The highest BCUT2D eigenvalue weighted by Gasteiger charge is 2.41. The van der Waals surface area contributed by atoms with Crippen molar-refractivity contribution < 1.29 is 58.7 Å². The Hall–Kier alpha value is -5.57. The average molecular weight is 1630 g/mol. The van der Waals surface area contributed by atoms with Crippen LogP contribution in [0.25, 0.3) is 0 Å². The Kier molecular flexibility index (Phi) is 45.9. The van der Waals surface area contributed by atoms with Gasteiger partial charge in [-0.05, 0) is 129 Å². The Morgan fingerprint density at radius 1 is 0.448 bits per heavy atom. The minimum absolute atomic E-state index is 0. The van der Waals surface area contributed by atoms with Crippen molar-refractivity contribution in [2.45, 2.75) is 91.4 Å². The zero-order valence-corrected chi connectivity index (χ0v) is 67.9. The van der Waals surface area contributed by atoms with Gasteiger partial charge in [0, 0.05) is 49.8 Å². The second-order valence-corrected chi connectivity index (χ2v) is 31.0. The Balaban J connectivity index is 0.000000287. The third kappa shape index (κ3) is 29.4. The van der Waals surface area contributed by atoms with Gasteiger partial charge in [-0.2, -0.15) is 35.3 Å². The lowest BCUT2D eigenvalue weighted by Gasteiger charge is -2.40. The standard InChI is InChI=1S/C25H30NOS.C24H27NOS.C23H23NO.C5H11NO2S.C5H13NOS.C4H9NO.ClH.HI/c1-28(2)19-18-24(20-27)26-25(21-12-6-3-7-13-21,22-14-8-4-9-15-22)23-16-10-5-11-17-23;1-27-18-17-23(19-26)25-24(20-11-5-2-6-12-20,21-13-7-3-8-14-21)22-15-9-4-10-16-22;1-4-10-19(11-5-1)23(20-12-6-2-7-13-20,21-14-8-3-9-15-21)24-22-16-17-25-18-22;1-9-3-2-4(6)5(7)8;1-8-3-2-5(6)4-7;5-4-1-2-6-3-4;;/h3-17,24,26-27H,18-20H2,1-2H3;2-16,23,25-26H,17-19H2,1H3;1-15,22,24H,16-18H2;4H,2-3,6H2,1H3,(H,7,8);5,7H,2-4,6H2,1H3;4H,1-3,5H2;2*1H/q+1;;;;;;;/p-1/t24-;23-;22-;4-;5-;4-;;/m000000../s1. The summed E-state index contributed by atoms with van der Waals surface area (Å²) in [4.78, 5) is 10.1. The first-order valence-corrected chi connectivity index (χ1v) is 42.0. The van der Waals surface area contributed by atoms with Gasteiger partial charge in [-0.1, -0.05) is 273 Å². The number of hydrogen-bond donors (Lipinski definition) is 10. The molecule has 0 bridgehead atoms. The van der Waals surface area contributed by atoms with E-state index in [0.717, 1.165) is 81.5 Å². The summed E-state index contributed by atoms with van der Waals surface area (Å²) in [5, 5.41) is 48.6. The van der Waals surface area contributed by atoms with Gasteiger partial charge in [0.25, 0.3) is 0 Å². The summed E-state index contributed by atoms with van der Waals surface area (Å²) < 4.78 is 10.6. The van der Waals surface area contributed by atoms with Gasteiger partial charge in [0.2, 0.25) is 0 Å². The zero-order chi connectivity index (χ0) is 73.8. The lowest BCUT2D eigenvalue weighted by atomic mass is 9.76. The number of rotatable bonds is 31. The molecule has 105 heavy (non-hydrogen) atoms. The van der Waals surface area contributed by atoms with E-state index in [2.05, 4.69) is 271 Å². The molecule has 2 aliphatic rings. The number of thioether (sulfide) groups is 3. The third-order valence-corrected chi connectivity index (χ3v) is 20.9. The summed E-state index contributed by atoms with van der Waals surface area (Å²) in [5.41, 5.74) is 25.4. The smallest absolute Gasteiger partial charge is 0.320 e. The Labute approximate surface area is 666 Å². The minimum atomic E-state index is -0.913. The third-order valence-electron chi connectivity index (χ3n) is 17.9. The lowest BCUT2D eigenvalue weighted by molar-refractivity contribution is -0.138. The van der Waals surface area contributed by atoms with Crippen LogP contribution in [0.1, 0.15) is 88.6 Å². The van der Waals surface area contributed by atoms with Crippen LogP contribution in [0.15, 0.2) is 273 Å². The average Bonchev–Trinajstić information content (AvgIpc) is 1.28. The van der Waals surface area contributed by atoms with Gasteiger partial charge in [-0.25, -0.2) is 0 Å². The van der Waals surface area contributed by atoms with E-state index in [9.17, 15) is 15.0 Å². The van der Waals surface area contributed by atoms with Crippen LogP contribution in [0.5, 0.6) is 0 Å². The summed E-state index contributed by atoms with van der Waals surface area (Å²) in [7, 11) is 0.349. The number of benzene rings is 9. The molecule has 19 heteroatoms. The van der Waals surface area contributed by atoms with Crippen LogP contribution >= 0.6 is 47.7 Å². The molecule has 0 spiro atoms. The number of hydrogen-bond acceptors (Lipinski definition) is 15. The number of carboxylic acid groups (broad SMARTS) is 1. The van der Waals surface area contributed by atoms with Crippen LogP contribution in [-0.4, -0.2) is 163 Å². The fourth-order valence-corrected chi connectivity index (χ4v) is 14.7. The molecule has 6 atom stereocenters. The number of carbonyl (C=O) groups is 1. The van der Waals surface area contributed by atoms with Gasteiger partial charge in [0.05, 0.1) is 62.2 Å². The van der Waals surface area contributed by atoms with Crippen molar-refractivity contribution in [3.8, 4) is 0 Å².